The normalized spacial score (nSPS) is 25.4. The second-order valence-corrected chi connectivity index (χ2v) is 11.5. The summed E-state index contributed by atoms with van der Waals surface area (Å²) in [6.45, 7) is 4.53. The lowest BCUT2D eigenvalue weighted by Gasteiger charge is -2.29. The van der Waals surface area contributed by atoms with Crippen molar-refractivity contribution in [1.82, 2.24) is 0 Å². The van der Waals surface area contributed by atoms with E-state index in [4.69, 9.17) is 0 Å². The Morgan fingerprint density at radius 3 is 2.00 bits per heavy atom. The highest BCUT2D eigenvalue weighted by molar-refractivity contribution is 6.03. The van der Waals surface area contributed by atoms with Gasteiger partial charge < -0.3 is 0 Å². The minimum Gasteiger partial charge on any atom is -0.299 e. The fraction of sp³-hybridized carbons (Fsp3) is 0.750. The minimum absolute atomic E-state index is 0.145. The van der Waals surface area contributed by atoms with E-state index in [-0.39, 0.29) is 17.5 Å². The van der Waals surface area contributed by atoms with Crippen LogP contribution in [0.15, 0.2) is 24.3 Å². The number of hydrogen-bond acceptors (Lipinski definition) is 2. The molecule has 34 heavy (non-hydrogen) atoms. The molecular formula is C32H50O2. The van der Waals surface area contributed by atoms with Crippen LogP contribution in [-0.4, -0.2) is 11.6 Å². The predicted octanol–water partition coefficient (Wildman–Crippen LogP) is 9.00. The van der Waals surface area contributed by atoms with Crippen molar-refractivity contribution in [3.8, 4) is 0 Å². The molecule has 0 aliphatic heterocycles. The quantitative estimate of drug-likeness (QED) is 0.202. The summed E-state index contributed by atoms with van der Waals surface area (Å²) in [5.74, 6) is 2.14. The molecule has 0 N–H and O–H groups in total. The SMILES string of the molecule is CCCCCCCC1CCC(C(=O)Cc2ccc([C@H]3CC[C@H](CCCCC)CC3)cc2)C(=O)C1. The third kappa shape index (κ3) is 8.65. The highest BCUT2D eigenvalue weighted by Crippen LogP contribution is 2.38. The van der Waals surface area contributed by atoms with Crippen LogP contribution in [0.2, 0.25) is 0 Å². The van der Waals surface area contributed by atoms with E-state index in [0.717, 1.165) is 24.3 Å². The maximum atomic E-state index is 12.9. The van der Waals surface area contributed by atoms with Gasteiger partial charge in [0, 0.05) is 12.8 Å². The van der Waals surface area contributed by atoms with Gasteiger partial charge in [-0.15, -0.1) is 0 Å². The Morgan fingerprint density at radius 1 is 0.735 bits per heavy atom. The van der Waals surface area contributed by atoms with Crippen LogP contribution in [0.3, 0.4) is 0 Å². The average Bonchev–Trinajstić information content (AvgIpc) is 2.85. The van der Waals surface area contributed by atoms with Gasteiger partial charge in [0.05, 0.1) is 5.92 Å². The van der Waals surface area contributed by atoms with Gasteiger partial charge in [-0.2, -0.15) is 0 Å². The standard InChI is InChI=1S/C32H50O2/c1-3-5-7-8-10-12-26-17-22-30(31(33)23-26)32(34)24-27-15-20-29(21-16-27)28-18-13-25(14-19-28)11-9-6-4-2/h15-16,20-21,25-26,28,30H,3-14,17-19,22-24H2,1-2H3/t25-,26?,28-,30?. The third-order valence-electron chi connectivity index (χ3n) is 8.74. The van der Waals surface area contributed by atoms with E-state index >= 15 is 0 Å². The zero-order chi connectivity index (χ0) is 24.2. The average molecular weight is 467 g/mol. The molecule has 0 spiro atoms. The largest absolute Gasteiger partial charge is 0.299 e. The van der Waals surface area contributed by atoms with E-state index < -0.39 is 0 Å². The van der Waals surface area contributed by atoms with Crippen LogP contribution in [0, 0.1) is 17.8 Å². The van der Waals surface area contributed by atoms with Crippen LogP contribution < -0.4 is 0 Å². The molecule has 0 bridgehead atoms. The summed E-state index contributed by atoms with van der Waals surface area (Å²) < 4.78 is 0. The second-order valence-electron chi connectivity index (χ2n) is 11.5. The first-order valence-corrected chi connectivity index (χ1v) is 14.7. The molecule has 2 unspecified atom stereocenters. The van der Waals surface area contributed by atoms with Crippen LogP contribution in [0.5, 0.6) is 0 Å². The molecule has 2 fully saturated rings. The molecule has 0 heterocycles. The van der Waals surface area contributed by atoms with Crippen molar-refractivity contribution in [3.05, 3.63) is 35.4 Å². The lowest BCUT2D eigenvalue weighted by atomic mass is 9.76. The Kier molecular flexibility index (Phi) is 11.9. The fourth-order valence-corrected chi connectivity index (χ4v) is 6.42. The first-order valence-electron chi connectivity index (χ1n) is 14.7. The number of Topliss-reactive ketones (excluding diaryl/α,β-unsaturated/α-hetero) is 2. The van der Waals surface area contributed by atoms with Crippen molar-refractivity contribution in [3.63, 3.8) is 0 Å². The number of unbranched alkanes of at least 4 members (excludes halogenated alkanes) is 6. The maximum Gasteiger partial charge on any atom is 0.147 e. The first-order chi connectivity index (χ1) is 16.6. The Balaban J connectivity index is 1.39. The molecule has 0 saturated heterocycles. The molecular weight excluding hydrogens is 416 g/mol. The van der Waals surface area contributed by atoms with Crippen LogP contribution in [0.1, 0.15) is 140 Å². The molecule has 1 aromatic carbocycles. The maximum absolute atomic E-state index is 12.9. The molecule has 190 valence electrons. The Morgan fingerprint density at radius 2 is 1.32 bits per heavy atom. The van der Waals surface area contributed by atoms with Crippen molar-refractivity contribution >= 4 is 11.6 Å². The van der Waals surface area contributed by atoms with Crippen molar-refractivity contribution in [2.45, 2.75) is 135 Å². The summed E-state index contributed by atoms with van der Waals surface area (Å²) in [4.78, 5) is 25.6. The van der Waals surface area contributed by atoms with Crippen LogP contribution >= 0.6 is 0 Å². The van der Waals surface area contributed by atoms with Crippen molar-refractivity contribution in [2.75, 3.05) is 0 Å². The van der Waals surface area contributed by atoms with Crippen molar-refractivity contribution in [2.24, 2.45) is 17.8 Å². The Bertz CT molecular complexity index is 726. The van der Waals surface area contributed by atoms with E-state index in [0.29, 0.717) is 24.7 Å². The molecule has 3 rings (SSSR count). The molecule has 0 aromatic heterocycles. The number of ketones is 2. The topological polar surface area (TPSA) is 34.1 Å². The fourth-order valence-electron chi connectivity index (χ4n) is 6.42. The number of rotatable bonds is 14. The summed E-state index contributed by atoms with van der Waals surface area (Å²) in [5.41, 5.74) is 2.52. The molecule has 2 aliphatic rings. The third-order valence-corrected chi connectivity index (χ3v) is 8.74. The molecule has 2 nitrogen and oxygen atoms in total. The van der Waals surface area contributed by atoms with Gasteiger partial charge in [0.25, 0.3) is 0 Å². The number of benzene rings is 1. The lowest BCUT2D eigenvalue weighted by Crippen LogP contribution is -2.32. The molecule has 2 saturated carbocycles. The monoisotopic (exact) mass is 466 g/mol. The zero-order valence-electron chi connectivity index (χ0n) is 22.2. The number of carbonyl (C=O) groups excluding carboxylic acids is 2. The summed E-state index contributed by atoms with van der Waals surface area (Å²) >= 11 is 0. The number of carbonyl (C=O) groups is 2. The number of hydrogen-bond donors (Lipinski definition) is 0. The second kappa shape index (κ2) is 14.8. The highest BCUT2D eigenvalue weighted by atomic mass is 16.1. The van der Waals surface area contributed by atoms with Gasteiger partial charge in [0.15, 0.2) is 0 Å². The van der Waals surface area contributed by atoms with Crippen molar-refractivity contribution < 1.29 is 9.59 Å². The summed E-state index contributed by atoms with van der Waals surface area (Å²) in [6, 6.07) is 8.80. The van der Waals surface area contributed by atoms with E-state index in [1.807, 2.05) is 0 Å². The van der Waals surface area contributed by atoms with Gasteiger partial charge in [0.1, 0.15) is 11.6 Å². The van der Waals surface area contributed by atoms with E-state index in [9.17, 15) is 9.59 Å². The Labute approximate surface area is 209 Å². The minimum atomic E-state index is -0.348. The van der Waals surface area contributed by atoms with Crippen molar-refractivity contribution in [1.29, 1.82) is 0 Å². The van der Waals surface area contributed by atoms with Gasteiger partial charge in [-0.1, -0.05) is 102 Å². The van der Waals surface area contributed by atoms with Gasteiger partial charge in [0.2, 0.25) is 0 Å². The molecule has 2 atom stereocenters. The van der Waals surface area contributed by atoms with E-state index in [1.165, 1.54) is 95.5 Å². The van der Waals surface area contributed by atoms with Gasteiger partial charge >= 0.3 is 0 Å². The van der Waals surface area contributed by atoms with E-state index in [2.05, 4.69) is 38.1 Å². The summed E-state index contributed by atoms with van der Waals surface area (Å²) in [7, 11) is 0. The molecule has 1 aromatic rings. The smallest absolute Gasteiger partial charge is 0.147 e. The summed E-state index contributed by atoms with van der Waals surface area (Å²) in [6.07, 6.45) is 21.4. The molecule has 0 amide bonds. The zero-order valence-corrected chi connectivity index (χ0v) is 22.2. The lowest BCUT2D eigenvalue weighted by molar-refractivity contribution is -0.135. The summed E-state index contributed by atoms with van der Waals surface area (Å²) in [5, 5.41) is 0. The first kappa shape index (κ1) is 27.2. The predicted molar refractivity (Wildman–Crippen MR) is 143 cm³/mol. The van der Waals surface area contributed by atoms with Crippen LogP contribution in [0.4, 0.5) is 0 Å². The van der Waals surface area contributed by atoms with Gasteiger partial charge in [-0.25, -0.2) is 0 Å². The van der Waals surface area contributed by atoms with E-state index in [1.54, 1.807) is 0 Å². The van der Waals surface area contributed by atoms with Gasteiger partial charge in [-0.05, 0) is 67.4 Å². The molecule has 2 aliphatic carbocycles. The Hall–Kier alpha value is -1.44. The molecule has 2 heteroatoms. The van der Waals surface area contributed by atoms with Crippen LogP contribution in [0.25, 0.3) is 0 Å². The molecule has 0 radical (unpaired) electrons. The van der Waals surface area contributed by atoms with Crippen LogP contribution in [-0.2, 0) is 16.0 Å². The van der Waals surface area contributed by atoms with Gasteiger partial charge in [-0.3, -0.25) is 9.59 Å². The highest BCUT2D eigenvalue weighted by Gasteiger charge is 2.33.